The molecule has 3 unspecified atom stereocenters. The minimum Gasteiger partial charge on any atom is -0.311 e. The zero-order valence-electron chi connectivity index (χ0n) is 14.3. The van der Waals surface area contributed by atoms with Crippen LogP contribution in [-0.4, -0.2) is 36.1 Å². The van der Waals surface area contributed by atoms with Crippen molar-refractivity contribution in [2.24, 2.45) is 11.8 Å². The van der Waals surface area contributed by atoms with E-state index in [1.165, 1.54) is 25.7 Å². The van der Waals surface area contributed by atoms with Crippen molar-refractivity contribution in [1.29, 1.82) is 0 Å². The fourth-order valence-corrected chi connectivity index (χ4v) is 3.30. The van der Waals surface area contributed by atoms with Crippen LogP contribution in [0.4, 0.5) is 0 Å². The number of hydrogen-bond donors (Lipinski definition) is 1. The van der Waals surface area contributed by atoms with Gasteiger partial charge in [-0.15, -0.1) is 0 Å². The van der Waals surface area contributed by atoms with Gasteiger partial charge in [-0.25, -0.2) is 0 Å². The molecule has 1 aliphatic carbocycles. The van der Waals surface area contributed by atoms with Crippen molar-refractivity contribution in [3.8, 4) is 0 Å². The summed E-state index contributed by atoms with van der Waals surface area (Å²) in [5.74, 6) is 1.61. The summed E-state index contributed by atoms with van der Waals surface area (Å²) in [5.41, 5.74) is 0.216. The molecule has 1 N–H and O–H groups in total. The maximum absolute atomic E-state index is 3.69. The smallest absolute Gasteiger partial charge is 0.0243 e. The minimum atomic E-state index is 0.216. The van der Waals surface area contributed by atoms with Crippen LogP contribution in [0.15, 0.2) is 0 Å². The van der Waals surface area contributed by atoms with Crippen molar-refractivity contribution in [3.63, 3.8) is 0 Å². The van der Waals surface area contributed by atoms with Crippen LogP contribution < -0.4 is 5.32 Å². The Morgan fingerprint density at radius 1 is 1.21 bits per heavy atom. The second-order valence-electron chi connectivity index (χ2n) is 8.03. The zero-order valence-corrected chi connectivity index (χ0v) is 14.3. The lowest BCUT2D eigenvalue weighted by atomic mass is 9.85. The third kappa shape index (κ3) is 5.83. The van der Waals surface area contributed by atoms with E-state index < -0.39 is 0 Å². The van der Waals surface area contributed by atoms with Gasteiger partial charge >= 0.3 is 0 Å². The van der Waals surface area contributed by atoms with Crippen molar-refractivity contribution >= 4 is 0 Å². The van der Waals surface area contributed by atoms with Gasteiger partial charge in [0.1, 0.15) is 0 Å². The highest BCUT2D eigenvalue weighted by atomic mass is 15.2. The van der Waals surface area contributed by atoms with Crippen LogP contribution in [0.2, 0.25) is 0 Å². The molecule has 3 atom stereocenters. The second-order valence-corrected chi connectivity index (χ2v) is 8.03. The van der Waals surface area contributed by atoms with Crippen LogP contribution in [0.1, 0.15) is 67.2 Å². The van der Waals surface area contributed by atoms with Crippen molar-refractivity contribution < 1.29 is 0 Å². The zero-order chi connectivity index (χ0) is 14.6. The summed E-state index contributed by atoms with van der Waals surface area (Å²) in [5, 5.41) is 3.69. The maximum Gasteiger partial charge on any atom is 0.0243 e. The summed E-state index contributed by atoms with van der Waals surface area (Å²) in [6.07, 6.45) is 5.61. The lowest BCUT2D eigenvalue weighted by Gasteiger charge is -2.41. The fraction of sp³-hybridized carbons (Fsp3) is 1.00. The lowest BCUT2D eigenvalue weighted by molar-refractivity contribution is 0.0881. The average molecular weight is 268 g/mol. The van der Waals surface area contributed by atoms with E-state index in [-0.39, 0.29) is 5.54 Å². The summed E-state index contributed by atoms with van der Waals surface area (Å²) in [7, 11) is 2.34. The van der Waals surface area contributed by atoms with E-state index in [0.29, 0.717) is 12.0 Å². The van der Waals surface area contributed by atoms with Crippen LogP contribution in [0.5, 0.6) is 0 Å². The minimum absolute atomic E-state index is 0.216. The number of likely N-dealkylation sites (N-methyl/N-ethyl adjacent to an activating group) is 1. The van der Waals surface area contributed by atoms with Gasteiger partial charge in [-0.3, -0.25) is 4.90 Å². The quantitative estimate of drug-likeness (QED) is 0.813. The summed E-state index contributed by atoms with van der Waals surface area (Å²) >= 11 is 0. The molecule has 0 saturated heterocycles. The number of nitrogens with one attached hydrogen (secondary N) is 1. The molecule has 0 bridgehead atoms. The topological polar surface area (TPSA) is 15.3 Å². The molecule has 0 aliphatic heterocycles. The third-order valence-corrected chi connectivity index (χ3v) is 4.62. The Morgan fingerprint density at radius 2 is 1.84 bits per heavy atom. The summed E-state index contributed by atoms with van der Waals surface area (Å²) < 4.78 is 0. The van der Waals surface area contributed by atoms with Crippen molar-refractivity contribution in [1.82, 2.24) is 10.2 Å². The molecule has 2 heteroatoms. The molecule has 0 heterocycles. The first kappa shape index (κ1) is 17.0. The molecular formula is C17H36N2. The Morgan fingerprint density at radius 3 is 2.32 bits per heavy atom. The van der Waals surface area contributed by atoms with Gasteiger partial charge in [0.2, 0.25) is 0 Å². The van der Waals surface area contributed by atoms with Crippen LogP contribution in [0, 0.1) is 11.8 Å². The molecule has 1 rings (SSSR count). The molecule has 1 aliphatic rings. The van der Waals surface area contributed by atoms with Gasteiger partial charge in [-0.1, -0.05) is 33.6 Å². The molecule has 1 fully saturated rings. The summed E-state index contributed by atoms with van der Waals surface area (Å²) in [4.78, 5) is 2.67. The first-order valence-electron chi connectivity index (χ1n) is 8.17. The van der Waals surface area contributed by atoms with Crippen LogP contribution in [0.3, 0.4) is 0 Å². The Kier molecular flexibility index (Phi) is 6.32. The van der Waals surface area contributed by atoms with E-state index in [0.717, 1.165) is 18.5 Å². The monoisotopic (exact) mass is 268 g/mol. The maximum atomic E-state index is 3.69. The van der Waals surface area contributed by atoms with Gasteiger partial charge in [0.15, 0.2) is 0 Å². The largest absolute Gasteiger partial charge is 0.311 e. The van der Waals surface area contributed by atoms with E-state index >= 15 is 0 Å². The summed E-state index contributed by atoms with van der Waals surface area (Å²) in [6, 6.07) is 1.44. The molecular weight excluding hydrogens is 232 g/mol. The van der Waals surface area contributed by atoms with Crippen LogP contribution in [0.25, 0.3) is 0 Å². The molecule has 114 valence electrons. The van der Waals surface area contributed by atoms with Gasteiger partial charge in [0.25, 0.3) is 0 Å². The molecule has 0 aromatic heterocycles. The second kappa shape index (κ2) is 7.08. The Labute approximate surface area is 121 Å². The van der Waals surface area contributed by atoms with Gasteiger partial charge in [-0.05, 0) is 52.5 Å². The Hall–Kier alpha value is -0.0800. The average Bonchev–Trinajstić information content (AvgIpc) is 2.27. The molecule has 0 amide bonds. The SMILES string of the molecule is CC1CCCC(N(C)C(CNC(C)(C)C)C(C)C)C1. The predicted molar refractivity (Wildman–Crippen MR) is 85.6 cm³/mol. The third-order valence-electron chi connectivity index (χ3n) is 4.62. The van der Waals surface area contributed by atoms with E-state index in [1.54, 1.807) is 0 Å². The first-order valence-corrected chi connectivity index (χ1v) is 8.17. The number of nitrogens with zero attached hydrogens (tertiary/aromatic N) is 1. The van der Waals surface area contributed by atoms with Crippen LogP contribution in [-0.2, 0) is 0 Å². The normalized spacial score (nSPS) is 27.0. The van der Waals surface area contributed by atoms with E-state index in [9.17, 15) is 0 Å². The van der Waals surface area contributed by atoms with Crippen LogP contribution >= 0.6 is 0 Å². The Balaban J connectivity index is 2.59. The fourth-order valence-electron chi connectivity index (χ4n) is 3.30. The molecule has 1 saturated carbocycles. The first-order chi connectivity index (χ1) is 8.70. The standard InChI is InChI=1S/C17H36N2/c1-13(2)16(12-18-17(4,5)6)19(7)15-10-8-9-14(3)11-15/h13-16,18H,8-12H2,1-7H3. The van der Waals surface area contributed by atoms with Crippen molar-refractivity contribution in [2.75, 3.05) is 13.6 Å². The molecule has 19 heavy (non-hydrogen) atoms. The summed E-state index contributed by atoms with van der Waals surface area (Å²) in [6.45, 7) is 15.0. The van der Waals surface area contributed by atoms with Gasteiger partial charge < -0.3 is 5.32 Å². The highest BCUT2D eigenvalue weighted by Gasteiger charge is 2.29. The molecule has 0 aromatic carbocycles. The van der Waals surface area contributed by atoms with E-state index in [2.05, 4.69) is 58.8 Å². The highest BCUT2D eigenvalue weighted by molar-refractivity contribution is 4.85. The number of rotatable bonds is 5. The molecule has 0 radical (unpaired) electrons. The highest BCUT2D eigenvalue weighted by Crippen LogP contribution is 2.28. The van der Waals surface area contributed by atoms with Gasteiger partial charge in [0, 0.05) is 24.2 Å². The molecule has 2 nitrogen and oxygen atoms in total. The van der Waals surface area contributed by atoms with Gasteiger partial charge in [-0.2, -0.15) is 0 Å². The Bertz CT molecular complexity index is 254. The predicted octanol–water partition coefficient (Wildman–Crippen LogP) is 3.91. The van der Waals surface area contributed by atoms with E-state index in [4.69, 9.17) is 0 Å². The number of hydrogen-bond acceptors (Lipinski definition) is 2. The van der Waals surface area contributed by atoms with Crippen molar-refractivity contribution in [3.05, 3.63) is 0 Å². The lowest BCUT2D eigenvalue weighted by Crippen LogP contribution is -2.52. The molecule has 0 aromatic rings. The molecule has 0 spiro atoms. The van der Waals surface area contributed by atoms with E-state index in [1.807, 2.05) is 0 Å². The van der Waals surface area contributed by atoms with Crippen molar-refractivity contribution in [2.45, 2.75) is 84.8 Å². The van der Waals surface area contributed by atoms with Gasteiger partial charge in [0.05, 0.1) is 0 Å².